The van der Waals surface area contributed by atoms with Crippen molar-refractivity contribution in [2.45, 2.75) is 25.8 Å². The van der Waals surface area contributed by atoms with Crippen molar-refractivity contribution in [2.24, 2.45) is 0 Å². The van der Waals surface area contributed by atoms with Crippen molar-refractivity contribution in [3.05, 3.63) is 89.5 Å². The van der Waals surface area contributed by atoms with Crippen molar-refractivity contribution in [1.82, 2.24) is 15.3 Å². The summed E-state index contributed by atoms with van der Waals surface area (Å²) in [5.41, 5.74) is 3.78. The standard InChI is InChI=1S/C23H25N3O3/c27-23(28)20-5-8-22(9-6-20)29-14-2-12-25-17-19-10-13-26-21(15-19)7-4-18-3-1-11-24-16-18/h1,3,5-6,8-11,13,15-16,25H,2,4,7,12,14,17H2,(H,27,28). The van der Waals surface area contributed by atoms with Crippen LogP contribution in [0.2, 0.25) is 0 Å². The van der Waals surface area contributed by atoms with Crippen molar-refractivity contribution in [1.29, 1.82) is 0 Å². The van der Waals surface area contributed by atoms with Gasteiger partial charge in [0.15, 0.2) is 0 Å². The normalized spacial score (nSPS) is 10.6. The molecule has 0 radical (unpaired) electrons. The van der Waals surface area contributed by atoms with E-state index in [0.717, 1.165) is 38.0 Å². The first-order chi connectivity index (χ1) is 14.2. The lowest BCUT2D eigenvalue weighted by Crippen LogP contribution is -2.17. The number of ether oxygens (including phenoxy) is 1. The highest BCUT2D eigenvalue weighted by Crippen LogP contribution is 2.12. The lowest BCUT2D eigenvalue weighted by Gasteiger charge is -2.08. The summed E-state index contributed by atoms with van der Waals surface area (Å²) in [5.74, 6) is -0.250. The molecule has 0 saturated heterocycles. The second-order valence-corrected chi connectivity index (χ2v) is 6.73. The highest BCUT2D eigenvalue weighted by molar-refractivity contribution is 5.87. The summed E-state index contributed by atoms with van der Waals surface area (Å²) < 4.78 is 5.64. The number of hydrogen-bond donors (Lipinski definition) is 2. The number of nitrogens with zero attached hydrogens (tertiary/aromatic N) is 2. The molecule has 0 saturated carbocycles. The van der Waals surface area contributed by atoms with Crippen LogP contribution in [0.1, 0.15) is 33.6 Å². The van der Waals surface area contributed by atoms with Gasteiger partial charge in [-0.3, -0.25) is 9.97 Å². The number of hydrogen-bond acceptors (Lipinski definition) is 5. The highest BCUT2D eigenvalue weighted by Gasteiger charge is 2.02. The molecule has 0 fully saturated rings. The first kappa shape index (κ1) is 20.5. The van der Waals surface area contributed by atoms with E-state index in [1.165, 1.54) is 11.1 Å². The van der Waals surface area contributed by atoms with E-state index in [1.54, 1.807) is 30.5 Å². The number of carbonyl (C=O) groups is 1. The molecule has 6 heteroatoms. The summed E-state index contributed by atoms with van der Waals surface area (Å²) in [6.07, 6.45) is 8.23. The van der Waals surface area contributed by atoms with Crippen molar-refractivity contribution in [3.8, 4) is 5.75 Å². The average Bonchev–Trinajstić information content (AvgIpc) is 2.76. The maximum absolute atomic E-state index is 10.8. The molecule has 0 aliphatic carbocycles. The van der Waals surface area contributed by atoms with Gasteiger partial charge in [0.2, 0.25) is 0 Å². The Labute approximate surface area is 170 Å². The zero-order chi connectivity index (χ0) is 20.3. The van der Waals surface area contributed by atoms with Crippen LogP contribution in [0, 0.1) is 0 Å². The number of carboxylic acids is 1. The smallest absolute Gasteiger partial charge is 0.335 e. The molecule has 2 N–H and O–H groups in total. The molecule has 0 bridgehead atoms. The monoisotopic (exact) mass is 391 g/mol. The maximum Gasteiger partial charge on any atom is 0.335 e. The van der Waals surface area contributed by atoms with Crippen LogP contribution in [0.4, 0.5) is 0 Å². The van der Waals surface area contributed by atoms with Crippen molar-refractivity contribution >= 4 is 5.97 Å². The number of pyridine rings is 2. The molecular weight excluding hydrogens is 366 g/mol. The van der Waals surface area contributed by atoms with Crippen LogP contribution >= 0.6 is 0 Å². The lowest BCUT2D eigenvalue weighted by molar-refractivity contribution is 0.0697. The van der Waals surface area contributed by atoms with Gasteiger partial charge in [0.05, 0.1) is 12.2 Å². The lowest BCUT2D eigenvalue weighted by atomic mass is 10.1. The Kier molecular flexibility index (Phi) is 7.72. The molecule has 29 heavy (non-hydrogen) atoms. The largest absolute Gasteiger partial charge is 0.494 e. The van der Waals surface area contributed by atoms with Gasteiger partial charge in [-0.15, -0.1) is 0 Å². The summed E-state index contributed by atoms with van der Waals surface area (Å²) in [6.45, 7) is 2.20. The van der Waals surface area contributed by atoms with E-state index >= 15 is 0 Å². The molecule has 0 aliphatic rings. The number of aromatic nitrogens is 2. The molecule has 2 aromatic heterocycles. The van der Waals surface area contributed by atoms with E-state index < -0.39 is 5.97 Å². The third-order valence-electron chi connectivity index (χ3n) is 4.47. The van der Waals surface area contributed by atoms with E-state index in [0.29, 0.717) is 12.4 Å². The first-order valence-electron chi connectivity index (χ1n) is 9.70. The third kappa shape index (κ3) is 7.01. The maximum atomic E-state index is 10.8. The van der Waals surface area contributed by atoms with Crippen LogP contribution in [-0.4, -0.2) is 34.2 Å². The predicted octanol–water partition coefficient (Wildman–Crippen LogP) is 3.52. The van der Waals surface area contributed by atoms with Gasteiger partial charge in [-0.25, -0.2) is 4.79 Å². The van der Waals surface area contributed by atoms with Gasteiger partial charge in [0.1, 0.15) is 5.75 Å². The molecule has 0 amide bonds. The quantitative estimate of drug-likeness (QED) is 0.487. The summed E-state index contributed by atoms with van der Waals surface area (Å²) in [7, 11) is 0. The summed E-state index contributed by atoms with van der Waals surface area (Å²) in [5, 5.41) is 12.3. The van der Waals surface area contributed by atoms with E-state index in [1.807, 2.05) is 24.5 Å². The molecule has 2 heterocycles. The Bertz CT molecular complexity index is 899. The van der Waals surface area contributed by atoms with Gasteiger partial charge >= 0.3 is 5.97 Å². The molecule has 150 valence electrons. The second kappa shape index (κ2) is 10.9. The Balaban J connectivity index is 1.33. The predicted molar refractivity (Wildman–Crippen MR) is 111 cm³/mol. The topological polar surface area (TPSA) is 84.3 Å². The fourth-order valence-electron chi connectivity index (χ4n) is 2.91. The van der Waals surface area contributed by atoms with Gasteiger partial charge in [-0.1, -0.05) is 6.07 Å². The minimum atomic E-state index is -0.933. The average molecular weight is 391 g/mol. The number of aryl methyl sites for hydroxylation is 2. The number of rotatable bonds is 11. The van der Waals surface area contributed by atoms with Crippen molar-refractivity contribution in [2.75, 3.05) is 13.2 Å². The van der Waals surface area contributed by atoms with Crippen LogP contribution < -0.4 is 10.1 Å². The number of nitrogens with one attached hydrogen (secondary N) is 1. The van der Waals surface area contributed by atoms with Crippen LogP contribution in [0.3, 0.4) is 0 Å². The Morgan fingerprint density at radius 3 is 2.66 bits per heavy atom. The van der Waals surface area contributed by atoms with Crippen LogP contribution in [0.5, 0.6) is 5.75 Å². The molecule has 1 aromatic carbocycles. The van der Waals surface area contributed by atoms with Gasteiger partial charge in [0.25, 0.3) is 0 Å². The number of aromatic carboxylic acids is 1. The second-order valence-electron chi connectivity index (χ2n) is 6.73. The Hall–Kier alpha value is -3.25. The summed E-state index contributed by atoms with van der Waals surface area (Å²) in [6, 6.07) is 14.7. The van der Waals surface area contributed by atoms with Gasteiger partial charge in [0, 0.05) is 30.8 Å². The summed E-state index contributed by atoms with van der Waals surface area (Å²) >= 11 is 0. The molecule has 6 nitrogen and oxygen atoms in total. The highest BCUT2D eigenvalue weighted by atomic mass is 16.5. The van der Waals surface area contributed by atoms with E-state index in [-0.39, 0.29) is 5.56 Å². The minimum Gasteiger partial charge on any atom is -0.494 e. The first-order valence-corrected chi connectivity index (χ1v) is 9.70. The summed E-state index contributed by atoms with van der Waals surface area (Å²) in [4.78, 5) is 19.4. The molecule has 0 unspecified atom stereocenters. The van der Waals surface area contributed by atoms with Crippen LogP contribution in [-0.2, 0) is 19.4 Å². The number of carboxylic acid groups (broad SMARTS) is 1. The van der Waals surface area contributed by atoms with E-state index in [2.05, 4.69) is 27.4 Å². The van der Waals surface area contributed by atoms with Crippen molar-refractivity contribution in [3.63, 3.8) is 0 Å². The minimum absolute atomic E-state index is 0.260. The molecule has 3 rings (SSSR count). The van der Waals surface area contributed by atoms with E-state index in [9.17, 15) is 4.79 Å². The third-order valence-corrected chi connectivity index (χ3v) is 4.47. The number of benzene rings is 1. The molecule has 3 aromatic rings. The van der Waals surface area contributed by atoms with Gasteiger partial charge in [-0.05, 0) is 79.4 Å². The Morgan fingerprint density at radius 1 is 1.03 bits per heavy atom. The molecule has 0 atom stereocenters. The van der Waals surface area contributed by atoms with Gasteiger partial charge in [-0.2, -0.15) is 0 Å². The Morgan fingerprint density at radius 2 is 1.90 bits per heavy atom. The van der Waals surface area contributed by atoms with E-state index in [4.69, 9.17) is 9.84 Å². The van der Waals surface area contributed by atoms with Crippen molar-refractivity contribution < 1.29 is 14.6 Å². The zero-order valence-electron chi connectivity index (χ0n) is 16.3. The molecule has 0 spiro atoms. The van der Waals surface area contributed by atoms with Crippen LogP contribution in [0.15, 0.2) is 67.1 Å². The zero-order valence-corrected chi connectivity index (χ0v) is 16.3. The molecule has 0 aliphatic heterocycles. The van der Waals surface area contributed by atoms with Crippen LogP contribution in [0.25, 0.3) is 0 Å². The van der Waals surface area contributed by atoms with Gasteiger partial charge < -0.3 is 15.2 Å². The molecular formula is C23H25N3O3. The SMILES string of the molecule is O=C(O)c1ccc(OCCCNCc2ccnc(CCc3cccnc3)c2)cc1. The fourth-order valence-corrected chi connectivity index (χ4v) is 2.91. The fraction of sp³-hybridized carbons (Fsp3) is 0.261.